The highest BCUT2D eigenvalue weighted by Gasteiger charge is 2.38. The number of piperidine rings is 2. The number of hydrogen-bond acceptors (Lipinski definition) is 5. The standard InChI is InChI=1S/C21H25N5/c22-14-19-15-23-17-24-20(19)26-12-8-21(9-13-26)6-10-25(11-7-21)16-18-4-2-1-3-5-18/h1-5,15,17H,6-13,16H2. The van der Waals surface area contributed by atoms with E-state index in [-0.39, 0.29) is 0 Å². The molecule has 5 heteroatoms. The molecule has 2 fully saturated rings. The van der Waals surface area contributed by atoms with Crippen molar-refractivity contribution in [1.29, 1.82) is 5.26 Å². The van der Waals surface area contributed by atoms with Gasteiger partial charge < -0.3 is 4.90 Å². The molecular weight excluding hydrogens is 322 g/mol. The Morgan fingerprint density at radius 3 is 2.38 bits per heavy atom. The number of aromatic nitrogens is 2. The van der Waals surface area contributed by atoms with E-state index in [1.807, 2.05) is 0 Å². The van der Waals surface area contributed by atoms with Crippen molar-refractivity contribution in [2.24, 2.45) is 5.41 Å². The first kappa shape index (κ1) is 17.0. The largest absolute Gasteiger partial charge is 0.355 e. The van der Waals surface area contributed by atoms with Gasteiger partial charge in [-0.1, -0.05) is 30.3 Å². The average molecular weight is 347 g/mol. The molecule has 2 aliphatic heterocycles. The lowest BCUT2D eigenvalue weighted by atomic mass is 9.71. The van der Waals surface area contributed by atoms with E-state index >= 15 is 0 Å². The van der Waals surface area contributed by atoms with Gasteiger partial charge in [0.05, 0.1) is 6.20 Å². The smallest absolute Gasteiger partial charge is 0.149 e. The second-order valence-electron chi connectivity index (χ2n) is 7.62. The van der Waals surface area contributed by atoms with Crippen molar-refractivity contribution in [3.8, 4) is 6.07 Å². The molecule has 2 saturated heterocycles. The van der Waals surface area contributed by atoms with Crippen LogP contribution < -0.4 is 4.90 Å². The predicted octanol–water partition coefficient (Wildman–Crippen LogP) is 3.23. The summed E-state index contributed by atoms with van der Waals surface area (Å²) in [5.41, 5.74) is 2.47. The Hall–Kier alpha value is -2.45. The molecule has 0 atom stereocenters. The summed E-state index contributed by atoms with van der Waals surface area (Å²) in [6.45, 7) is 5.42. The minimum atomic E-state index is 0.476. The lowest BCUT2D eigenvalue weighted by Crippen LogP contribution is -2.47. The summed E-state index contributed by atoms with van der Waals surface area (Å²) in [7, 11) is 0. The van der Waals surface area contributed by atoms with Crippen molar-refractivity contribution >= 4 is 5.82 Å². The van der Waals surface area contributed by atoms with Crippen LogP contribution in [0.1, 0.15) is 36.8 Å². The van der Waals surface area contributed by atoms with Gasteiger partial charge in [0, 0.05) is 19.6 Å². The maximum absolute atomic E-state index is 9.28. The maximum atomic E-state index is 9.28. The lowest BCUT2D eigenvalue weighted by Gasteiger charge is -2.47. The molecule has 2 aromatic rings. The van der Waals surface area contributed by atoms with Gasteiger partial charge in [0.2, 0.25) is 0 Å². The number of hydrogen-bond donors (Lipinski definition) is 0. The minimum absolute atomic E-state index is 0.476. The third kappa shape index (κ3) is 3.56. The van der Waals surface area contributed by atoms with Gasteiger partial charge in [-0.05, 0) is 49.8 Å². The first-order valence-corrected chi connectivity index (χ1v) is 9.49. The number of anilines is 1. The van der Waals surface area contributed by atoms with E-state index in [4.69, 9.17) is 0 Å². The van der Waals surface area contributed by atoms with Crippen LogP contribution in [-0.2, 0) is 6.54 Å². The van der Waals surface area contributed by atoms with Crippen molar-refractivity contribution < 1.29 is 0 Å². The zero-order chi connectivity index (χ0) is 17.8. The quantitative estimate of drug-likeness (QED) is 0.853. The van der Waals surface area contributed by atoms with Crippen LogP contribution in [0.3, 0.4) is 0 Å². The normalized spacial score (nSPS) is 20.0. The fourth-order valence-electron chi connectivity index (χ4n) is 4.37. The Morgan fingerprint density at radius 1 is 1.00 bits per heavy atom. The maximum Gasteiger partial charge on any atom is 0.149 e. The van der Waals surface area contributed by atoms with E-state index in [1.165, 1.54) is 44.3 Å². The molecule has 1 spiro atoms. The van der Waals surface area contributed by atoms with E-state index in [1.54, 1.807) is 12.5 Å². The Kier molecular flexibility index (Phi) is 4.85. The van der Waals surface area contributed by atoms with Crippen LogP contribution >= 0.6 is 0 Å². The molecule has 3 heterocycles. The molecule has 0 saturated carbocycles. The SMILES string of the molecule is N#Cc1cncnc1N1CCC2(CCN(Cc3ccccc3)CC2)CC1. The third-order valence-electron chi connectivity index (χ3n) is 6.10. The van der Waals surface area contributed by atoms with Gasteiger partial charge in [0.15, 0.2) is 0 Å². The molecule has 0 radical (unpaired) electrons. The summed E-state index contributed by atoms with van der Waals surface area (Å²) in [6, 6.07) is 13.0. The number of nitrogens with zero attached hydrogens (tertiary/aromatic N) is 5. The monoisotopic (exact) mass is 347 g/mol. The molecule has 0 N–H and O–H groups in total. The second kappa shape index (κ2) is 7.43. The molecule has 0 unspecified atom stereocenters. The van der Waals surface area contributed by atoms with Crippen LogP contribution in [0.5, 0.6) is 0 Å². The van der Waals surface area contributed by atoms with E-state index < -0.39 is 0 Å². The third-order valence-corrected chi connectivity index (χ3v) is 6.10. The van der Waals surface area contributed by atoms with Gasteiger partial charge in [-0.3, -0.25) is 4.90 Å². The first-order chi connectivity index (χ1) is 12.8. The molecule has 4 rings (SSSR count). The number of benzene rings is 1. The van der Waals surface area contributed by atoms with Crippen molar-refractivity contribution in [3.05, 3.63) is 54.0 Å². The summed E-state index contributed by atoms with van der Waals surface area (Å²) in [5, 5.41) is 9.28. The Bertz CT molecular complexity index is 764. The second-order valence-corrected chi connectivity index (χ2v) is 7.62. The van der Waals surface area contributed by atoms with Crippen LogP contribution in [0.15, 0.2) is 42.9 Å². The molecule has 1 aromatic heterocycles. The average Bonchev–Trinajstić information content (AvgIpc) is 2.71. The number of rotatable bonds is 3. The summed E-state index contributed by atoms with van der Waals surface area (Å²) < 4.78 is 0. The molecule has 26 heavy (non-hydrogen) atoms. The van der Waals surface area contributed by atoms with Crippen molar-refractivity contribution in [1.82, 2.24) is 14.9 Å². The van der Waals surface area contributed by atoms with Gasteiger partial charge in [-0.2, -0.15) is 5.26 Å². The topological polar surface area (TPSA) is 56.1 Å². The van der Waals surface area contributed by atoms with Crippen LogP contribution in [0.2, 0.25) is 0 Å². The molecule has 0 aliphatic carbocycles. The van der Waals surface area contributed by atoms with Gasteiger partial charge in [0.1, 0.15) is 23.8 Å². The minimum Gasteiger partial charge on any atom is -0.355 e. The Morgan fingerprint density at radius 2 is 1.69 bits per heavy atom. The van der Waals surface area contributed by atoms with Gasteiger partial charge in [0.25, 0.3) is 0 Å². The number of nitriles is 1. The van der Waals surface area contributed by atoms with E-state index in [0.29, 0.717) is 11.0 Å². The Labute approximate surface area is 155 Å². The predicted molar refractivity (Wildman–Crippen MR) is 102 cm³/mol. The molecule has 5 nitrogen and oxygen atoms in total. The molecule has 2 aliphatic rings. The van der Waals surface area contributed by atoms with Crippen LogP contribution in [0.25, 0.3) is 0 Å². The summed E-state index contributed by atoms with van der Waals surface area (Å²) >= 11 is 0. The van der Waals surface area contributed by atoms with Gasteiger partial charge >= 0.3 is 0 Å². The van der Waals surface area contributed by atoms with Crippen molar-refractivity contribution in [2.75, 3.05) is 31.1 Å². The van der Waals surface area contributed by atoms with Crippen LogP contribution in [0, 0.1) is 16.7 Å². The molecule has 0 amide bonds. The molecule has 134 valence electrons. The fourth-order valence-corrected chi connectivity index (χ4v) is 4.37. The zero-order valence-electron chi connectivity index (χ0n) is 15.1. The lowest BCUT2D eigenvalue weighted by molar-refractivity contribution is 0.0757. The Balaban J connectivity index is 1.33. The van der Waals surface area contributed by atoms with Crippen molar-refractivity contribution in [3.63, 3.8) is 0 Å². The zero-order valence-corrected chi connectivity index (χ0v) is 15.1. The van der Waals surface area contributed by atoms with Crippen molar-refractivity contribution in [2.45, 2.75) is 32.2 Å². The number of likely N-dealkylation sites (tertiary alicyclic amines) is 1. The highest BCUT2D eigenvalue weighted by atomic mass is 15.2. The van der Waals surface area contributed by atoms with E-state index in [0.717, 1.165) is 25.5 Å². The van der Waals surface area contributed by atoms with Crippen LogP contribution in [-0.4, -0.2) is 41.0 Å². The summed E-state index contributed by atoms with van der Waals surface area (Å²) in [4.78, 5) is 13.2. The van der Waals surface area contributed by atoms with Crippen LogP contribution in [0.4, 0.5) is 5.82 Å². The summed E-state index contributed by atoms with van der Waals surface area (Å²) in [6.07, 6.45) is 8.12. The van der Waals surface area contributed by atoms with Gasteiger partial charge in [-0.25, -0.2) is 9.97 Å². The highest BCUT2D eigenvalue weighted by Crippen LogP contribution is 2.42. The fraction of sp³-hybridized carbons (Fsp3) is 0.476. The first-order valence-electron chi connectivity index (χ1n) is 9.49. The molecular formula is C21H25N5. The summed E-state index contributed by atoms with van der Waals surface area (Å²) in [5.74, 6) is 0.805. The molecule has 1 aromatic carbocycles. The molecule has 0 bridgehead atoms. The highest BCUT2D eigenvalue weighted by molar-refractivity contribution is 5.52. The van der Waals surface area contributed by atoms with Gasteiger partial charge in [-0.15, -0.1) is 0 Å². The van der Waals surface area contributed by atoms with E-state index in [2.05, 4.69) is 56.2 Å². The van der Waals surface area contributed by atoms with E-state index in [9.17, 15) is 5.26 Å².